The molecule has 2 heterocycles. The number of hydrogen-bond acceptors (Lipinski definition) is 7. The molecule has 2 aromatic heterocycles. The van der Waals surface area contributed by atoms with Gasteiger partial charge in [0.15, 0.2) is 0 Å². The predicted molar refractivity (Wildman–Crippen MR) is 105 cm³/mol. The third kappa shape index (κ3) is 3.43. The molecule has 1 aliphatic rings. The lowest BCUT2D eigenvalue weighted by Gasteiger charge is -2.09. The van der Waals surface area contributed by atoms with Crippen LogP contribution in [0.4, 0.5) is 5.69 Å². The average Bonchev–Trinajstić information content (AvgIpc) is 3.34. The Labute approximate surface area is 163 Å². The minimum atomic E-state index is -0.612. The Morgan fingerprint density at radius 1 is 1.37 bits per heavy atom. The number of halogens is 1. The molecule has 0 saturated heterocycles. The Balaban J connectivity index is 1.80. The molecule has 1 aromatic carbocycles. The summed E-state index contributed by atoms with van der Waals surface area (Å²) in [5.41, 5.74) is 13.1. The molecule has 4 rings (SSSR count). The number of amides is 1. The van der Waals surface area contributed by atoms with E-state index in [1.165, 1.54) is 0 Å². The minimum Gasteiger partial charge on any atom is -0.463 e. The van der Waals surface area contributed by atoms with Gasteiger partial charge in [0, 0.05) is 17.2 Å². The molecule has 1 fully saturated rings. The van der Waals surface area contributed by atoms with Crippen LogP contribution in [0.25, 0.3) is 21.5 Å². The van der Waals surface area contributed by atoms with Crippen molar-refractivity contribution in [2.24, 2.45) is 17.6 Å². The van der Waals surface area contributed by atoms with Crippen LogP contribution >= 0.6 is 22.9 Å². The molecule has 140 valence electrons. The first kappa shape index (κ1) is 18.0. The van der Waals surface area contributed by atoms with Gasteiger partial charge in [0.05, 0.1) is 23.4 Å². The van der Waals surface area contributed by atoms with Gasteiger partial charge in [0.25, 0.3) is 5.91 Å². The SMILES string of the molecule is NC(=O)c1sc2nc(OCC3C[C@@H]3CO)nc(-c3cccc(Cl)c3)c2c1N. The fraction of sp³-hybridized carbons (Fsp3) is 0.278. The monoisotopic (exact) mass is 404 g/mol. The molecule has 0 radical (unpaired) electrons. The number of benzene rings is 1. The Kier molecular flexibility index (Phi) is 4.63. The molecule has 0 spiro atoms. The van der Waals surface area contributed by atoms with Crippen LogP contribution < -0.4 is 16.2 Å². The Morgan fingerprint density at radius 2 is 2.19 bits per heavy atom. The maximum absolute atomic E-state index is 11.7. The molecule has 3 aromatic rings. The van der Waals surface area contributed by atoms with Crippen molar-refractivity contribution in [1.29, 1.82) is 0 Å². The van der Waals surface area contributed by atoms with E-state index in [1.807, 2.05) is 6.07 Å². The van der Waals surface area contributed by atoms with Crippen LogP contribution in [0, 0.1) is 11.8 Å². The fourth-order valence-electron chi connectivity index (χ4n) is 3.01. The van der Waals surface area contributed by atoms with Crippen molar-refractivity contribution < 1.29 is 14.6 Å². The lowest BCUT2D eigenvalue weighted by atomic mass is 10.1. The summed E-state index contributed by atoms with van der Waals surface area (Å²) < 4.78 is 5.76. The van der Waals surface area contributed by atoms with Crippen molar-refractivity contribution in [3.05, 3.63) is 34.2 Å². The summed E-state index contributed by atoms with van der Waals surface area (Å²) in [4.78, 5) is 21.4. The normalized spacial score (nSPS) is 18.6. The number of anilines is 1. The summed E-state index contributed by atoms with van der Waals surface area (Å²) >= 11 is 7.23. The number of nitrogens with two attached hydrogens (primary N) is 2. The highest BCUT2D eigenvalue weighted by Crippen LogP contribution is 2.41. The maximum atomic E-state index is 11.7. The average molecular weight is 405 g/mol. The molecule has 5 N–H and O–H groups in total. The van der Waals surface area contributed by atoms with Gasteiger partial charge in [-0.1, -0.05) is 23.7 Å². The topological polar surface area (TPSA) is 124 Å². The van der Waals surface area contributed by atoms with Crippen molar-refractivity contribution in [2.45, 2.75) is 6.42 Å². The number of primary amides is 1. The van der Waals surface area contributed by atoms with Crippen LogP contribution in [0.5, 0.6) is 6.01 Å². The summed E-state index contributed by atoms with van der Waals surface area (Å²) in [5, 5.41) is 10.3. The number of thiophene rings is 1. The first-order valence-corrected chi connectivity index (χ1v) is 9.56. The van der Waals surface area contributed by atoms with Gasteiger partial charge in [-0.25, -0.2) is 0 Å². The largest absolute Gasteiger partial charge is 0.463 e. The summed E-state index contributed by atoms with van der Waals surface area (Å²) in [6, 6.07) is 7.37. The molecule has 1 aliphatic carbocycles. The van der Waals surface area contributed by atoms with Gasteiger partial charge in [-0.2, -0.15) is 9.97 Å². The zero-order chi connectivity index (χ0) is 19.1. The highest BCUT2D eigenvalue weighted by atomic mass is 35.5. The van der Waals surface area contributed by atoms with E-state index in [2.05, 4.69) is 9.97 Å². The van der Waals surface area contributed by atoms with Crippen LogP contribution in [0.3, 0.4) is 0 Å². The van der Waals surface area contributed by atoms with Crippen molar-refractivity contribution >= 4 is 44.7 Å². The van der Waals surface area contributed by atoms with Crippen molar-refractivity contribution in [2.75, 3.05) is 18.9 Å². The van der Waals surface area contributed by atoms with Gasteiger partial charge in [0.1, 0.15) is 9.71 Å². The van der Waals surface area contributed by atoms with E-state index in [0.717, 1.165) is 23.3 Å². The molecule has 0 bridgehead atoms. The van der Waals surface area contributed by atoms with Crippen LogP contribution in [0.2, 0.25) is 5.02 Å². The number of ether oxygens (including phenoxy) is 1. The first-order valence-electron chi connectivity index (χ1n) is 8.37. The second kappa shape index (κ2) is 6.95. The van der Waals surface area contributed by atoms with Gasteiger partial charge in [-0.3, -0.25) is 4.79 Å². The smallest absolute Gasteiger partial charge is 0.318 e. The Bertz CT molecular complexity index is 1040. The number of fused-ring (bicyclic) bond motifs is 1. The Hall–Kier alpha value is -2.42. The molecular formula is C18H17ClN4O3S. The van der Waals surface area contributed by atoms with Crippen LogP contribution in [0.1, 0.15) is 16.1 Å². The molecular weight excluding hydrogens is 388 g/mol. The number of nitrogens with zero attached hydrogens (tertiary/aromatic N) is 2. The van der Waals surface area contributed by atoms with Crippen molar-refractivity contribution in [3.8, 4) is 17.3 Å². The quantitative estimate of drug-likeness (QED) is 0.580. The minimum absolute atomic E-state index is 0.158. The molecule has 27 heavy (non-hydrogen) atoms. The van der Waals surface area contributed by atoms with E-state index < -0.39 is 5.91 Å². The number of aliphatic hydroxyl groups excluding tert-OH is 1. The fourth-order valence-corrected chi connectivity index (χ4v) is 4.14. The lowest BCUT2D eigenvalue weighted by molar-refractivity contribution is 0.100. The number of carbonyl (C=O) groups excluding carboxylic acids is 1. The number of aromatic nitrogens is 2. The summed E-state index contributed by atoms with van der Waals surface area (Å²) in [6.45, 7) is 0.584. The maximum Gasteiger partial charge on any atom is 0.318 e. The highest BCUT2D eigenvalue weighted by Gasteiger charge is 2.37. The van der Waals surface area contributed by atoms with Crippen LogP contribution in [0.15, 0.2) is 24.3 Å². The number of carbonyl (C=O) groups is 1. The highest BCUT2D eigenvalue weighted by molar-refractivity contribution is 7.21. The Morgan fingerprint density at radius 3 is 2.85 bits per heavy atom. The van der Waals surface area contributed by atoms with Gasteiger partial charge < -0.3 is 21.3 Å². The van der Waals surface area contributed by atoms with Gasteiger partial charge in [0.2, 0.25) is 0 Å². The molecule has 2 atom stereocenters. The first-order chi connectivity index (χ1) is 13.0. The molecule has 9 heteroatoms. The standard InChI is InChI=1S/C18H17ClN4O3S/c19-11-3-1-2-8(5-11)14-12-13(20)15(16(21)25)27-17(12)23-18(22-14)26-7-10-4-9(10)6-24/h1-3,5,9-10,24H,4,6-7,20H2,(H2,21,25)/t9-,10?/m1/s1. The van der Waals surface area contributed by atoms with E-state index in [0.29, 0.717) is 33.5 Å². The third-order valence-corrected chi connectivity index (χ3v) is 5.97. The molecule has 1 unspecified atom stereocenters. The summed E-state index contributed by atoms with van der Waals surface area (Å²) in [5.74, 6) is -0.0303. The van der Waals surface area contributed by atoms with Crippen LogP contribution in [-0.4, -0.2) is 34.2 Å². The molecule has 1 saturated carbocycles. The number of rotatable bonds is 6. The number of hydrogen-bond donors (Lipinski definition) is 3. The zero-order valence-corrected chi connectivity index (χ0v) is 15.8. The number of aliphatic hydroxyl groups is 1. The van der Waals surface area contributed by atoms with Crippen LogP contribution in [-0.2, 0) is 0 Å². The van der Waals surface area contributed by atoms with Gasteiger partial charge in [-0.15, -0.1) is 11.3 Å². The second-order valence-corrected chi connectivity index (χ2v) is 7.94. The number of nitrogen functional groups attached to an aromatic ring is 1. The second-order valence-electron chi connectivity index (χ2n) is 6.50. The van der Waals surface area contributed by atoms with Crippen molar-refractivity contribution in [1.82, 2.24) is 9.97 Å². The lowest BCUT2D eigenvalue weighted by Crippen LogP contribution is -2.10. The van der Waals surface area contributed by atoms with E-state index in [-0.39, 0.29) is 29.1 Å². The van der Waals surface area contributed by atoms with Gasteiger partial charge >= 0.3 is 6.01 Å². The van der Waals surface area contributed by atoms with Crippen molar-refractivity contribution in [3.63, 3.8) is 0 Å². The molecule has 7 nitrogen and oxygen atoms in total. The summed E-state index contributed by atoms with van der Waals surface area (Å²) in [6.07, 6.45) is 0.928. The zero-order valence-electron chi connectivity index (χ0n) is 14.2. The summed E-state index contributed by atoms with van der Waals surface area (Å²) in [7, 11) is 0. The molecule has 1 amide bonds. The molecule has 0 aliphatic heterocycles. The van der Waals surface area contributed by atoms with E-state index in [4.69, 9.17) is 32.9 Å². The van der Waals surface area contributed by atoms with E-state index >= 15 is 0 Å². The van der Waals surface area contributed by atoms with Gasteiger partial charge in [-0.05, 0) is 30.4 Å². The third-order valence-electron chi connectivity index (χ3n) is 4.62. The predicted octanol–water partition coefficient (Wildman–Crippen LogP) is 2.70. The van der Waals surface area contributed by atoms with E-state index in [9.17, 15) is 4.79 Å². The van der Waals surface area contributed by atoms with E-state index in [1.54, 1.807) is 18.2 Å².